The van der Waals surface area contributed by atoms with E-state index in [4.69, 9.17) is 0 Å². The largest absolute Gasteiger partial charge is 0.349 e. The SMILES string of the molecule is Cc1ccccc1Nc1c(C)[nH]c(=O)[nH]c1=O. The summed E-state index contributed by atoms with van der Waals surface area (Å²) >= 11 is 0. The van der Waals surface area contributed by atoms with Crippen molar-refractivity contribution in [2.45, 2.75) is 13.8 Å². The summed E-state index contributed by atoms with van der Waals surface area (Å²) in [5.74, 6) is 0. The van der Waals surface area contributed by atoms with Crippen LogP contribution in [-0.4, -0.2) is 9.97 Å². The Morgan fingerprint density at radius 2 is 1.76 bits per heavy atom. The van der Waals surface area contributed by atoms with Crippen LogP contribution in [0.25, 0.3) is 0 Å². The van der Waals surface area contributed by atoms with Gasteiger partial charge in [0.05, 0.1) is 0 Å². The van der Waals surface area contributed by atoms with Crippen LogP contribution in [0.15, 0.2) is 33.9 Å². The summed E-state index contributed by atoms with van der Waals surface area (Å²) in [6.07, 6.45) is 0. The van der Waals surface area contributed by atoms with Gasteiger partial charge >= 0.3 is 5.69 Å². The maximum Gasteiger partial charge on any atom is 0.326 e. The van der Waals surface area contributed by atoms with Gasteiger partial charge in [0.2, 0.25) is 0 Å². The number of hydrogen-bond acceptors (Lipinski definition) is 3. The molecule has 5 heteroatoms. The van der Waals surface area contributed by atoms with Gasteiger partial charge in [0, 0.05) is 11.4 Å². The van der Waals surface area contributed by atoms with Gasteiger partial charge in [0.15, 0.2) is 0 Å². The number of benzene rings is 1. The zero-order chi connectivity index (χ0) is 12.4. The molecule has 1 aromatic carbocycles. The monoisotopic (exact) mass is 231 g/mol. The average Bonchev–Trinajstić information content (AvgIpc) is 2.25. The first kappa shape index (κ1) is 11.2. The molecule has 0 aliphatic carbocycles. The molecule has 1 aromatic heterocycles. The third-order valence-corrected chi connectivity index (χ3v) is 2.53. The summed E-state index contributed by atoms with van der Waals surface area (Å²) < 4.78 is 0. The van der Waals surface area contributed by atoms with Crippen molar-refractivity contribution in [1.82, 2.24) is 9.97 Å². The summed E-state index contributed by atoms with van der Waals surface area (Å²) in [6, 6.07) is 7.62. The molecule has 0 bridgehead atoms. The molecule has 0 aliphatic rings. The highest BCUT2D eigenvalue weighted by Gasteiger charge is 2.06. The van der Waals surface area contributed by atoms with Crippen LogP contribution >= 0.6 is 0 Å². The molecule has 1 heterocycles. The number of aromatic amines is 2. The second kappa shape index (κ2) is 4.29. The predicted molar refractivity (Wildman–Crippen MR) is 66.9 cm³/mol. The third kappa shape index (κ3) is 2.28. The summed E-state index contributed by atoms with van der Waals surface area (Å²) in [7, 11) is 0. The van der Waals surface area contributed by atoms with Gasteiger partial charge in [-0.05, 0) is 25.5 Å². The van der Waals surface area contributed by atoms with E-state index in [1.807, 2.05) is 31.2 Å². The van der Waals surface area contributed by atoms with E-state index < -0.39 is 11.2 Å². The minimum atomic E-state index is -0.497. The lowest BCUT2D eigenvalue weighted by Gasteiger charge is -2.09. The van der Waals surface area contributed by atoms with E-state index >= 15 is 0 Å². The van der Waals surface area contributed by atoms with E-state index in [1.165, 1.54) is 0 Å². The summed E-state index contributed by atoms with van der Waals surface area (Å²) in [5.41, 5.74) is 1.82. The molecule has 0 amide bonds. The number of rotatable bonds is 2. The van der Waals surface area contributed by atoms with Crippen LogP contribution < -0.4 is 16.6 Å². The standard InChI is InChI=1S/C12H13N3O2/c1-7-5-3-4-6-9(7)14-10-8(2)13-12(17)15-11(10)16/h3-6,14H,1-2H3,(H2,13,15,16,17). The molecule has 88 valence electrons. The van der Waals surface area contributed by atoms with Gasteiger partial charge in [0.25, 0.3) is 5.56 Å². The number of aromatic nitrogens is 2. The highest BCUT2D eigenvalue weighted by molar-refractivity contribution is 5.63. The van der Waals surface area contributed by atoms with E-state index in [1.54, 1.807) is 6.92 Å². The molecule has 0 fully saturated rings. The number of nitrogens with one attached hydrogen (secondary N) is 3. The first-order valence-corrected chi connectivity index (χ1v) is 5.24. The van der Waals surface area contributed by atoms with Crippen molar-refractivity contribution in [1.29, 1.82) is 0 Å². The van der Waals surface area contributed by atoms with Crippen LogP contribution in [0, 0.1) is 13.8 Å². The molecule has 0 atom stereocenters. The van der Waals surface area contributed by atoms with Crippen molar-refractivity contribution < 1.29 is 0 Å². The minimum Gasteiger partial charge on any atom is -0.349 e. The van der Waals surface area contributed by atoms with Crippen LogP contribution in [0.1, 0.15) is 11.3 Å². The zero-order valence-electron chi connectivity index (χ0n) is 9.63. The smallest absolute Gasteiger partial charge is 0.326 e. The Bertz CT molecular complexity index is 655. The highest BCUT2D eigenvalue weighted by Crippen LogP contribution is 2.18. The van der Waals surface area contributed by atoms with Gasteiger partial charge < -0.3 is 10.3 Å². The molecular formula is C12H13N3O2. The second-order valence-corrected chi connectivity index (χ2v) is 3.85. The second-order valence-electron chi connectivity index (χ2n) is 3.85. The highest BCUT2D eigenvalue weighted by atomic mass is 16.2. The maximum atomic E-state index is 11.6. The summed E-state index contributed by atoms with van der Waals surface area (Å²) in [6.45, 7) is 3.62. The Kier molecular flexibility index (Phi) is 2.82. The Balaban J connectivity index is 2.48. The van der Waals surface area contributed by atoms with Crippen molar-refractivity contribution in [2.24, 2.45) is 0 Å². The first-order chi connectivity index (χ1) is 8.08. The molecule has 5 nitrogen and oxygen atoms in total. The molecule has 2 rings (SSSR count). The fourth-order valence-electron chi connectivity index (χ4n) is 1.60. The van der Waals surface area contributed by atoms with Crippen molar-refractivity contribution in [3.63, 3.8) is 0 Å². The number of hydrogen-bond donors (Lipinski definition) is 3. The molecule has 17 heavy (non-hydrogen) atoms. The van der Waals surface area contributed by atoms with Gasteiger partial charge in [-0.1, -0.05) is 18.2 Å². The zero-order valence-corrected chi connectivity index (χ0v) is 9.63. The van der Waals surface area contributed by atoms with E-state index in [0.717, 1.165) is 11.3 Å². The fourth-order valence-corrected chi connectivity index (χ4v) is 1.60. The van der Waals surface area contributed by atoms with Gasteiger partial charge in [0.1, 0.15) is 5.69 Å². The Morgan fingerprint density at radius 1 is 1.06 bits per heavy atom. The van der Waals surface area contributed by atoms with Gasteiger partial charge in [-0.25, -0.2) is 4.79 Å². The lowest BCUT2D eigenvalue weighted by atomic mass is 10.2. The van der Waals surface area contributed by atoms with Gasteiger partial charge in [-0.15, -0.1) is 0 Å². The Labute approximate surface area is 97.5 Å². The number of aryl methyl sites for hydroxylation is 2. The van der Waals surface area contributed by atoms with E-state index in [9.17, 15) is 9.59 Å². The molecule has 0 aliphatic heterocycles. The quantitative estimate of drug-likeness (QED) is 0.731. The van der Waals surface area contributed by atoms with E-state index in [2.05, 4.69) is 15.3 Å². The average molecular weight is 231 g/mol. The molecule has 0 saturated carbocycles. The molecule has 2 aromatic rings. The fraction of sp³-hybridized carbons (Fsp3) is 0.167. The van der Waals surface area contributed by atoms with Gasteiger partial charge in [-0.2, -0.15) is 0 Å². The van der Waals surface area contributed by atoms with E-state index in [-0.39, 0.29) is 0 Å². The summed E-state index contributed by atoms with van der Waals surface area (Å²) in [4.78, 5) is 27.4. The molecule has 0 saturated heterocycles. The van der Waals surface area contributed by atoms with Crippen molar-refractivity contribution in [2.75, 3.05) is 5.32 Å². The van der Waals surface area contributed by atoms with Crippen LogP contribution in [-0.2, 0) is 0 Å². The maximum absolute atomic E-state index is 11.6. The number of H-pyrrole nitrogens is 2. The van der Waals surface area contributed by atoms with Crippen molar-refractivity contribution in [3.05, 3.63) is 56.4 Å². The molecule has 3 N–H and O–H groups in total. The lowest BCUT2D eigenvalue weighted by Crippen LogP contribution is -2.25. The van der Waals surface area contributed by atoms with Crippen LogP contribution in [0.3, 0.4) is 0 Å². The van der Waals surface area contributed by atoms with Crippen LogP contribution in [0.5, 0.6) is 0 Å². The third-order valence-electron chi connectivity index (χ3n) is 2.53. The molecule has 0 spiro atoms. The minimum absolute atomic E-state index is 0.360. The predicted octanol–water partition coefficient (Wildman–Crippen LogP) is 1.42. The molecule has 0 radical (unpaired) electrons. The van der Waals surface area contributed by atoms with Crippen LogP contribution in [0.4, 0.5) is 11.4 Å². The molecular weight excluding hydrogens is 218 g/mol. The normalized spacial score (nSPS) is 10.2. The van der Waals surface area contributed by atoms with Crippen molar-refractivity contribution in [3.8, 4) is 0 Å². The number of anilines is 2. The Morgan fingerprint density at radius 3 is 2.41 bits per heavy atom. The van der Waals surface area contributed by atoms with E-state index in [0.29, 0.717) is 11.4 Å². The van der Waals surface area contributed by atoms with Crippen molar-refractivity contribution >= 4 is 11.4 Å². The van der Waals surface area contributed by atoms with Crippen LogP contribution in [0.2, 0.25) is 0 Å². The Hall–Kier alpha value is -2.30. The first-order valence-electron chi connectivity index (χ1n) is 5.24. The molecule has 0 unspecified atom stereocenters. The number of para-hydroxylation sites is 1. The topological polar surface area (TPSA) is 77.8 Å². The lowest BCUT2D eigenvalue weighted by molar-refractivity contribution is 0.998. The van der Waals surface area contributed by atoms with Gasteiger partial charge in [-0.3, -0.25) is 9.78 Å². The summed E-state index contributed by atoms with van der Waals surface area (Å²) in [5, 5.41) is 3.02.